The summed E-state index contributed by atoms with van der Waals surface area (Å²) in [5.74, 6) is -2.47. The van der Waals surface area contributed by atoms with Crippen molar-refractivity contribution in [2.45, 2.75) is 50.9 Å². The Bertz CT molecular complexity index is 1980. The average molecular weight is 640 g/mol. The van der Waals surface area contributed by atoms with Gasteiger partial charge in [-0.25, -0.2) is 9.18 Å². The van der Waals surface area contributed by atoms with Crippen LogP contribution in [0.4, 0.5) is 9.18 Å². The highest BCUT2D eigenvalue weighted by Crippen LogP contribution is 2.37. The fraction of sp³-hybridized carbons (Fsp3) is 0.257. The van der Waals surface area contributed by atoms with E-state index in [1.54, 1.807) is 17.0 Å². The zero-order valence-corrected chi connectivity index (χ0v) is 25.4. The van der Waals surface area contributed by atoms with Gasteiger partial charge in [0.2, 0.25) is 0 Å². The molecule has 12 heteroatoms. The van der Waals surface area contributed by atoms with Gasteiger partial charge in [0.15, 0.2) is 0 Å². The topological polar surface area (TPSA) is 162 Å². The second-order valence-corrected chi connectivity index (χ2v) is 11.8. The standard InChI is InChI=1S/C24H22FN3O4.C11H12N2O2/c25-16-9-7-15(8-10-16)13-27-19-5-2-1-4-17(19)18-12-20-23(31)26(11-3-6-22(29)30)24(32)28(20)14-21(18)27;12-9(11(14)15)5-7-6-13-10-4-2-1-3-8(7)10/h1-2,4-5,7-10,20H,3,6,11-14H2,(H,29,30);1-4,6,9,13H,5,12H2,(H,14,15)/t20-;9-/m11/s1. The first-order valence-electron chi connectivity index (χ1n) is 15.3. The van der Waals surface area contributed by atoms with E-state index in [1.807, 2.05) is 54.7 Å². The molecule has 5 N–H and O–H groups in total. The zero-order chi connectivity index (χ0) is 33.2. The number of hydrogen-bond acceptors (Lipinski definition) is 5. The van der Waals surface area contributed by atoms with Crippen molar-refractivity contribution in [1.82, 2.24) is 19.4 Å². The molecule has 3 amide bonds. The summed E-state index contributed by atoms with van der Waals surface area (Å²) in [4.78, 5) is 53.3. The van der Waals surface area contributed by atoms with Gasteiger partial charge >= 0.3 is 18.0 Å². The molecule has 1 saturated heterocycles. The molecule has 4 heterocycles. The van der Waals surface area contributed by atoms with Crippen LogP contribution in [0.3, 0.4) is 0 Å². The summed E-state index contributed by atoms with van der Waals surface area (Å²) in [5, 5.41) is 19.7. The van der Waals surface area contributed by atoms with Crippen molar-refractivity contribution in [2.75, 3.05) is 6.54 Å². The Balaban J connectivity index is 0.000000215. The molecule has 0 unspecified atom stereocenters. The van der Waals surface area contributed by atoms with E-state index in [0.29, 0.717) is 25.9 Å². The van der Waals surface area contributed by atoms with E-state index in [1.165, 1.54) is 17.0 Å². The molecule has 0 bridgehead atoms. The van der Waals surface area contributed by atoms with Crippen molar-refractivity contribution >= 4 is 45.7 Å². The number of hydrogen-bond donors (Lipinski definition) is 4. The van der Waals surface area contributed by atoms with E-state index in [-0.39, 0.29) is 37.1 Å². The van der Waals surface area contributed by atoms with Gasteiger partial charge in [-0.05, 0) is 47.4 Å². The molecule has 1 fully saturated rings. The summed E-state index contributed by atoms with van der Waals surface area (Å²) in [6.45, 7) is 0.937. The number of amides is 3. The molecular formula is C35H34FN5O6. The molecule has 0 spiro atoms. The quantitative estimate of drug-likeness (QED) is 0.173. The molecule has 0 aliphatic carbocycles. The number of nitrogens with zero attached hydrogens (tertiary/aromatic N) is 3. The van der Waals surface area contributed by atoms with Gasteiger partial charge in [0, 0.05) is 66.0 Å². The third kappa shape index (κ3) is 6.32. The lowest BCUT2D eigenvalue weighted by molar-refractivity contribution is -0.139. The first-order chi connectivity index (χ1) is 22.6. The Morgan fingerprint density at radius 2 is 1.68 bits per heavy atom. The number of nitrogens with two attached hydrogens (primary N) is 1. The second kappa shape index (κ2) is 13.1. The normalized spacial score (nSPS) is 16.2. The van der Waals surface area contributed by atoms with Crippen molar-refractivity contribution < 1.29 is 33.8 Å². The maximum atomic E-state index is 13.4. The predicted molar refractivity (Wildman–Crippen MR) is 172 cm³/mol. The van der Waals surface area contributed by atoms with Crippen LogP contribution >= 0.6 is 0 Å². The lowest BCUT2D eigenvalue weighted by Gasteiger charge is -2.28. The third-order valence-corrected chi connectivity index (χ3v) is 8.77. The van der Waals surface area contributed by atoms with E-state index >= 15 is 0 Å². The van der Waals surface area contributed by atoms with Crippen molar-refractivity contribution in [2.24, 2.45) is 5.73 Å². The zero-order valence-electron chi connectivity index (χ0n) is 25.4. The number of nitrogens with one attached hydrogen (secondary N) is 1. The lowest BCUT2D eigenvalue weighted by Crippen LogP contribution is -2.40. The molecule has 242 valence electrons. The van der Waals surface area contributed by atoms with Crippen LogP contribution in [0.25, 0.3) is 21.8 Å². The van der Waals surface area contributed by atoms with Crippen molar-refractivity contribution in [3.63, 3.8) is 0 Å². The molecule has 11 nitrogen and oxygen atoms in total. The van der Waals surface area contributed by atoms with Crippen molar-refractivity contribution in [3.8, 4) is 0 Å². The van der Waals surface area contributed by atoms with Crippen LogP contribution in [0, 0.1) is 5.82 Å². The van der Waals surface area contributed by atoms with Gasteiger partial charge in [-0.1, -0.05) is 48.5 Å². The number of aromatic nitrogens is 2. The molecule has 0 saturated carbocycles. The number of urea groups is 1. The summed E-state index contributed by atoms with van der Waals surface area (Å²) in [6, 6.07) is 20.3. The van der Waals surface area contributed by atoms with Gasteiger partial charge in [-0.2, -0.15) is 0 Å². The van der Waals surface area contributed by atoms with Crippen LogP contribution in [0.1, 0.15) is 35.2 Å². The highest BCUT2D eigenvalue weighted by atomic mass is 19.1. The van der Waals surface area contributed by atoms with E-state index in [4.69, 9.17) is 15.9 Å². The Hall–Kier alpha value is -5.49. The number of para-hydroxylation sites is 2. The molecule has 47 heavy (non-hydrogen) atoms. The molecule has 2 aliphatic rings. The van der Waals surface area contributed by atoms with Gasteiger partial charge in [0.1, 0.15) is 17.9 Å². The first kappa shape index (κ1) is 31.5. The van der Waals surface area contributed by atoms with Crippen LogP contribution in [0.5, 0.6) is 0 Å². The van der Waals surface area contributed by atoms with Gasteiger partial charge in [0.25, 0.3) is 5.91 Å². The van der Waals surface area contributed by atoms with E-state index in [0.717, 1.165) is 44.2 Å². The van der Waals surface area contributed by atoms with Crippen molar-refractivity contribution in [3.05, 3.63) is 107 Å². The second-order valence-electron chi connectivity index (χ2n) is 11.8. The molecule has 2 atom stereocenters. The molecule has 7 rings (SSSR count). The minimum atomic E-state index is -0.972. The maximum Gasteiger partial charge on any atom is 0.327 e. The minimum Gasteiger partial charge on any atom is -0.481 e. The Morgan fingerprint density at radius 3 is 2.40 bits per heavy atom. The van der Waals surface area contributed by atoms with E-state index in [2.05, 4.69) is 9.55 Å². The highest BCUT2D eigenvalue weighted by molar-refractivity contribution is 6.05. The monoisotopic (exact) mass is 639 g/mol. The van der Waals surface area contributed by atoms with Gasteiger partial charge in [-0.15, -0.1) is 0 Å². The highest BCUT2D eigenvalue weighted by Gasteiger charge is 2.48. The SMILES string of the molecule is N[C@H](Cc1c[nH]c2ccccc12)C(=O)O.O=C(O)CCCN1C(=O)[C@H]2Cc3c(n(Cc4ccc(F)cc4)c4ccccc34)CN2C1=O. The maximum absolute atomic E-state index is 13.4. The largest absolute Gasteiger partial charge is 0.481 e. The summed E-state index contributed by atoms with van der Waals surface area (Å²) in [6.07, 6.45) is 2.73. The number of benzene rings is 3. The summed E-state index contributed by atoms with van der Waals surface area (Å²) in [7, 11) is 0. The van der Waals surface area contributed by atoms with Crippen LogP contribution < -0.4 is 5.73 Å². The fourth-order valence-electron chi connectivity index (χ4n) is 6.43. The first-order valence-corrected chi connectivity index (χ1v) is 15.3. The molecule has 0 radical (unpaired) electrons. The fourth-order valence-corrected chi connectivity index (χ4v) is 6.43. The smallest absolute Gasteiger partial charge is 0.327 e. The lowest BCUT2D eigenvalue weighted by atomic mass is 9.97. The van der Waals surface area contributed by atoms with Gasteiger partial charge in [-0.3, -0.25) is 19.3 Å². The number of halogens is 1. The summed E-state index contributed by atoms with van der Waals surface area (Å²) >= 11 is 0. The minimum absolute atomic E-state index is 0.0880. The Labute approximate surface area is 269 Å². The average Bonchev–Trinajstić information content (AvgIpc) is 3.68. The van der Waals surface area contributed by atoms with Gasteiger partial charge < -0.3 is 30.4 Å². The number of rotatable bonds is 9. The number of imide groups is 1. The third-order valence-electron chi connectivity index (χ3n) is 8.77. The van der Waals surface area contributed by atoms with E-state index in [9.17, 15) is 23.6 Å². The van der Waals surface area contributed by atoms with Gasteiger partial charge in [0.05, 0.1) is 6.54 Å². The van der Waals surface area contributed by atoms with Crippen LogP contribution in [-0.2, 0) is 40.3 Å². The number of aromatic amines is 1. The molecule has 3 aromatic carbocycles. The molecule has 2 aromatic heterocycles. The number of fused-ring (bicyclic) bond motifs is 5. The van der Waals surface area contributed by atoms with Crippen LogP contribution in [-0.4, -0.2) is 72.1 Å². The molecule has 5 aromatic rings. The van der Waals surface area contributed by atoms with E-state index < -0.39 is 24.0 Å². The predicted octanol–water partition coefficient (Wildman–Crippen LogP) is 4.50. The number of carbonyl (C=O) groups is 4. The number of carbonyl (C=O) groups excluding carboxylic acids is 2. The van der Waals surface area contributed by atoms with Crippen LogP contribution in [0.2, 0.25) is 0 Å². The Kier molecular flexibility index (Phi) is 8.77. The van der Waals surface area contributed by atoms with Crippen LogP contribution in [0.15, 0.2) is 79.0 Å². The Morgan fingerprint density at radius 1 is 0.979 bits per heavy atom. The number of H-pyrrole nitrogens is 1. The summed E-state index contributed by atoms with van der Waals surface area (Å²) < 4.78 is 15.5. The van der Waals surface area contributed by atoms with Crippen molar-refractivity contribution in [1.29, 1.82) is 0 Å². The number of carboxylic acid groups (broad SMARTS) is 2. The molecule has 2 aliphatic heterocycles. The number of carboxylic acids is 2. The summed E-state index contributed by atoms with van der Waals surface area (Å²) in [5.41, 5.74) is 11.4. The molecular weight excluding hydrogens is 605 g/mol. The number of aliphatic carboxylic acids is 2.